The number of nitrogens with one attached hydrogen (secondary N) is 1. The maximum absolute atomic E-state index is 12.4. The molecule has 0 radical (unpaired) electrons. The maximum Gasteiger partial charge on any atom is 0.216 e. The van der Waals surface area contributed by atoms with Crippen LogP contribution in [0.2, 0.25) is 0 Å². The Balaban J connectivity index is 1.62. The summed E-state index contributed by atoms with van der Waals surface area (Å²) in [5.74, 6) is -0.00539. The molecule has 1 N–H and O–H groups in total. The van der Waals surface area contributed by atoms with Crippen LogP contribution in [0.15, 0.2) is 53.0 Å². The predicted molar refractivity (Wildman–Crippen MR) is 109 cm³/mol. The number of rotatable bonds is 7. The second-order valence-electron chi connectivity index (χ2n) is 6.81. The van der Waals surface area contributed by atoms with Crippen molar-refractivity contribution in [1.82, 2.24) is 9.62 Å². The monoisotopic (exact) mass is 436 g/mol. The van der Waals surface area contributed by atoms with Crippen LogP contribution in [0.4, 0.5) is 0 Å². The Morgan fingerprint density at radius 2 is 1.58 bits per heavy atom. The van der Waals surface area contributed by atoms with Crippen LogP contribution in [-0.4, -0.2) is 26.4 Å². The van der Waals surface area contributed by atoms with Crippen LogP contribution in [0.25, 0.3) is 0 Å². The molecule has 1 aliphatic rings. The van der Waals surface area contributed by atoms with Crippen molar-refractivity contribution < 1.29 is 8.42 Å². The van der Waals surface area contributed by atoms with Gasteiger partial charge in [-0.25, -0.2) is 13.1 Å². The minimum atomic E-state index is -3.37. The first kappa shape index (κ1) is 19.5. The van der Waals surface area contributed by atoms with Gasteiger partial charge in [0.25, 0.3) is 0 Å². The van der Waals surface area contributed by atoms with Gasteiger partial charge in [-0.3, -0.25) is 4.90 Å². The molecule has 4 nitrogen and oxygen atoms in total. The molecule has 1 fully saturated rings. The van der Waals surface area contributed by atoms with Crippen molar-refractivity contribution in [2.24, 2.45) is 0 Å². The maximum atomic E-state index is 12.4. The van der Waals surface area contributed by atoms with E-state index in [1.807, 2.05) is 42.5 Å². The molecule has 140 valence electrons. The molecule has 1 heterocycles. The Morgan fingerprint density at radius 3 is 2.27 bits per heavy atom. The Bertz CT molecular complexity index is 816. The fourth-order valence-corrected chi connectivity index (χ4v) is 4.65. The molecular weight excluding hydrogens is 412 g/mol. The highest BCUT2D eigenvalue weighted by molar-refractivity contribution is 9.10. The summed E-state index contributed by atoms with van der Waals surface area (Å²) in [4.78, 5) is 2.46. The number of hydrogen-bond acceptors (Lipinski definition) is 3. The first-order valence-electron chi connectivity index (χ1n) is 9.03. The third-order valence-corrected chi connectivity index (χ3v) is 6.54. The second kappa shape index (κ2) is 9.13. The summed E-state index contributed by atoms with van der Waals surface area (Å²) >= 11 is 3.37. The average molecular weight is 437 g/mol. The summed E-state index contributed by atoms with van der Waals surface area (Å²) < 4.78 is 28.6. The summed E-state index contributed by atoms with van der Waals surface area (Å²) in [5, 5.41) is 0. The van der Waals surface area contributed by atoms with Crippen molar-refractivity contribution in [2.45, 2.75) is 38.1 Å². The zero-order chi connectivity index (χ0) is 18.4. The van der Waals surface area contributed by atoms with Gasteiger partial charge in [0.1, 0.15) is 0 Å². The van der Waals surface area contributed by atoms with Gasteiger partial charge in [-0.05, 0) is 54.8 Å². The Kier molecular flexibility index (Phi) is 6.86. The van der Waals surface area contributed by atoms with Crippen LogP contribution in [0, 0.1) is 0 Å². The Hall–Kier alpha value is -1.21. The van der Waals surface area contributed by atoms with Crippen molar-refractivity contribution in [3.63, 3.8) is 0 Å². The van der Waals surface area contributed by atoms with E-state index in [4.69, 9.17) is 0 Å². The van der Waals surface area contributed by atoms with Gasteiger partial charge in [0.15, 0.2) is 0 Å². The summed E-state index contributed by atoms with van der Waals surface area (Å²) in [6.07, 6.45) is 3.82. The van der Waals surface area contributed by atoms with Gasteiger partial charge >= 0.3 is 0 Å². The lowest BCUT2D eigenvalue weighted by molar-refractivity contribution is 0.220. The fourth-order valence-electron chi connectivity index (χ4n) is 3.28. The van der Waals surface area contributed by atoms with E-state index >= 15 is 0 Å². The van der Waals surface area contributed by atoms with E-state index < -0.39 is 10.0 Å². The third-order valence-electron chi connectivity index (χ3n) is 4.71. The standard InChI is InChI=1S/C20H25BrN2O2S/c21-20-10-8-17(9-11-20)16-26(24,25)22-14-18-6-2-3-7-19(18)15-23-12-4-1-5-13-23/h2-3,6-11,22H,1,4-5,12-16H2. The molecule has 2 aromatic rings. The van der Waals surface area contributed by atoms with Crippen molar-refractivity contribution in [2.75, 3.05) is 13.1 Å². The highest BCUT2D eigenvalue weighted by atomic mass is 79.9. The zero-order valence-corrected chi connectivity index (χ0v) is 17.2. The van der Waals surface area contributed by atoms with E-state index in [0.29, 0.717) is 6.54 Å². The van der Waals surface area contributed by atoms with Gasteiger partial charge in [0.2, 0.25) is 10.0 Å². The van der Waals surface area contributed by atoms with E-state index in [1.54, 1.807) is 0 Å². The van der Waals surface area contributed by atoms with Crippen LogP contribution in [0.1, 0.15) is 36.0 Å². The molecule has 26 heavy (non-hydrogen) atoms. The third kappa shape index (κ3) is 5.91. The van der Waals surface area contributed by atoms with Crippen LogP contribution in [0.3, 0.4) is 0 Å². The number of likely N-dealkylation sites (tertiary alicyclic amines) is 1. The molecule has 0 saturated carbocycles. The van der Waals surface area contributed by atoms with Crippen molar-refractivity contribution >= 4 is 26.0 Å². The van der Waals surface area contributed by atoms with E-state index in [0.717, 1.165) is 35.2 Å². The lowest BCUT2D eigenvalue weighted by Crippen LogP contribution is -2.30. The van der Waals surface area contributed by atoms with Gasteiger partial charge in [-0.2, -0.15) is 0 Å². The predicted octanol–water partition coefficient (Wildman–Crippen LogP) is 4.05. The molecule has 0 amide bonds. The average Bonchev–Trinajstić information content (AvgIpc) is 2.64. The minimum Gasteiger partial charge on any atom is -0.299 e. The lowest BCUT2D eigenvalue weighted by atomic mass is 10.1. The molecule has 1 aliphatic heterocycles. The van der Waals surface area contributed by atoms with E-state index in [2.05, 4.69) is 31.6 Å². The normalized spacial score (nSPS) is 15.9. The SMILES string of the molecule is O=S(=O)(Cc1ccc(Br)cc1)NCc1ccccc1CN1CCCCC1. The summed E-state index contributed by atoms with van der Waals surface area (Å²) in [7, 11) is -3.37. The highest BCUT2D eigenvalue weighted by Gasteiger charge is 2.15. The summed E-state index contributed by atoms with van der Waals surface area (Å²) in [6, 6.07) is 15.5. The fraction of sp³-hybridized carbons (Fsp3) is 0.400. The van der Waals surface area contributed by atoms with Crippen molar-refractivity contribution in [3.8, 4) is 0 Å². The Labute approximate surface area is 164 Å². The number of piperidine rings is 1. The van der Waals surface area contributed by atoms with Crippen LogP contribution in [0.5, 0.6) is 0 Å². The smallest absolute Gasteiger partial charge is 0.216 e. The summed E-state index contributed by atoms with van der Waals surface area (Å²) in [6.45, 7) is 3.49. The largest absolute Gasteiger partial charge is 0.299 e. The summed E-state index contributed by atoms with van der Waals surface area (Å²) in [5.41, 5.74) is 3.04. The molecule has 6 heteroatoms. The highest BCUT2D eigenvalue weighted by Crippen LogP contribution is 2.17. The molecule has 0 spiro atoms. The molecular formula is C20H25BrN2O2S. The number of nitrogens with zero attached hydrogens (tertiary/aromatic N) is 1. The molecule has 0 aliphatic carbocycles. The lowest BCUT2D eigenvalue weighted by Gasteiger charge is -2.27. The van der Waals surface area contributed by atoms with E-state index in [-0.39, 0.29) is 5.75 Å². The molecule has 0 bridgehead atoms. The second-order valence-corrected chi connectivity index (χ2v) is 9.53. The number of benzene rings is 2. The topological polar surface area (TPSA) is 49.4 Å². The quantitative estimate of drug-likeness (QED) is 0.711. The van der Waals surface area contributed by atoms with Gasteiger partial charge in [-0.15, -0.1) is 0 Å². The van der Waals surface area contributed by atoms with Crippen LogP contribution in [-0.2, 0) is 28.9 Å². The molecule has 2 aromatic carbocycles. The molecule has 0 aromatic heterocycles. The van der Waals surface area contributed by atoms with Gasteiger partial charge < -0.3 is 0 Å². The van der Waals surface area contributed by atoms with Gasteiger partial charge in [0.05, 0.1) is 5.75 Å². The van der Waals surface area contributed by atoms with Crippen LogP contribution >= 0.6 is 15.9 Å². The molecule has 0 atom stereocenters. The number of hydrogen-bond donors (Lipinski definition) is 1. The number of sulfonamides is 1. The van der Waals surface area contributed by atoms with Gasteiger partial charge in [-0.1, -0.05) is 58.7 Å². The molecule has 1 saturated heterocycles. The minimum absolute atomic E-state index is 0.00539. The first-order chi connectivity index (χ1) is 12.5. The van der Waals surface area contributed by atoms with Crippen molar-refractivity contribution in [3.05, 3.63) is 69.7 Å². The van der Waals surface area contributed by atoms with Crippen LogP contribution < -0.4 is 4.72 Å². The first-order valence-corrected chi connectivity index (χ1v) is 11.5. The number of halogens is 1. The van der Waals surface area contributed by atoms with E-state index in [9.17, 15) is 8.42 Å². The van der Waals surface area contributed by atoms with Crippen molar-refractivity contribution in [1.29, 1.82) is 0 Å². The molecule has 3 rings (SSSR count). The molecule has 0 unspecified atom stereocenters. The Morgan fingerprint density at radius 1 is 0.923 bits per heavy atom. The zero-order valence-electron chi connectivity index (χ0n) is 14.8. The van der Waals surface area contributed by atoms with Gasteiger partial charge in [0, 0.05) is 17.6 Å². The van der Waals surface area contributed by atoms with E-state index in [1.165, 1.54) is 24.8 Å².